The van der Waals surface area contributed by atoms with Crippen molar-refractivity contribution in [1.29, 1.82) is 5.26 Å². The van der Waals surface area contributed by atoms with Crippen molar-refractivity contribution in [3.63, 3.8) is 0 Å². The van der Waals surface area contributed by atoms with E-state index in [4.69, 9.17) is 9.47 Å². The van der Waals surface area contributed by atoms with Crippen molar-refractivity contribution < 1.29 is 9.47 Å². The smallest absolute Gasteiger partial charge is 0.137 e. The summed E-state index contributed by atoms with van der Waals surface area (Å²) in [6.45, 7) is 5.73. The largest absolute Gasteiger partial charge is 0.489 e. The molecule has 1 aliphatic rings. The van der Waals surface area contributed by atoms with Gasteiger partial charge in [-0.15, -0.1) is 0 Å². The Labute approximate surface area is 108 Å². The van der Waals surface area contributed by atoms with Gasteiger partial charge in [0.25, 0.3) is 0 Å². The van der Waals surface area contributed by atoms with Crippen molar-refractivity contribution >= 4 is 0 Å². The van der Waals surface area contributed by atoms with E-state index in [0.29, 0.717) is 17.2 Å². The molecular formula is C15H19NO2. The molecule has 3 heteroatoms. The lowest BCUT2D eigenvalue weighted by Crippen LogP contribution is -2.26. The highest BCUT2D eigenvalue weighted by Gasteiger charge is 2.17. The summed E-state index contributed by atoms with van der Waals surface area (Å²) in [4.78, 5) is 0. The summed E-state index contributed by atoms with van der Waals surface area (Å²) in [5, 5.41) is 9.20. The number of nitriles is 1. The second-order valence-corrected chi connectivity index (χ2v) is 4.95. The average molecular weight is 245 g/mol. The first-order valence-corrected chi connectivity index (χ1v) is 6.49. The van der Waals surface area contributed by atoms with Gasteiger partial charge in [-0.1, -0.05) is 19.9 Å². The molecule has 0 N–H and O–H groups in total. The molecule has 0 radical (unpaired) electrons. The third-order valence-electron chi connectivity index (χ3n) is 3.25. The molecule has 3 nitrogen and oxygen atoms in total. The Morgan fingerprint density at radius 1 is 1.33 bits per heavy atom. The van der Waals surface area contributed by atoms with Crippen LogP contribution in [0, 0.1) is 11.3 Å². The fourth-order valence-electron chi connectivity index (χ4n) is 2.07. The highest BCUT2D eigenvalue weighted by Crippen LogP contribution is 2.26. The van der Waals surface area contributed by atoms with Crippen LogP contribution in [0.25, 0.3) is 0 Å². The molecule has 0 atom stereocenters. The summed E-state index contributed by atoms with van der Waals surface area (Å²) < 4.78 is 11.2. The number of nitrogens with zero attached hydrogens (tertiary/aromatic N) is 1. The zero-order valence-electron chi connectivity index (χ0n) is 11.0. The third kappa shape index (κ3) is 3.02. The van der Waals surface area contributed by atoms with Gasteiger partial charge in [-0.2, -0.15) is 5.26 Å². The lowest BCUT2D eigenvalue weighted by Gasteiger charge is -2.24. The first kappa shape index (κ1) is 12.9. The second kappa shape index (κ2) is 5.88. The molecule has 0 aromatic heterocycles. The number of ether oxygens (including phenoxy) is 2. The molecule has 0 bridgehead atoms. The van der Waals surface area contributed by atoms with E-state index >= 15 is 0 Å². The molecule has 1 aromatic carbocycles. The maximum absolute atomic E-state index is 9.20. The van der Waals surface area contributed by atoms with Crippen LogP contribution in [0.15, 0.2) is 18.2 Å². The van der Waals surface area contributed by atoms with Gasteiger partial charge in [0.05, 0.1) is 18.8 Å². The summed E-state index contributed by atoms with van der Waals surface area (Å²) >= 11 is 0. The molecule has 0 aliphatic carbocycles. The van der Waals surface area contributed by atoms with E-state index in [2.05, 4.69) is 19.9 Å². The molecule has 2 rings (SSSR count). The third-order valence-corrected chi connectivity index (χ3v) is 3.25. The van der Waals surface area contributed by atoms with Gasteiger partial charge in [-0.05, 0) is 23.6 Å². The Kier molecular flexibility index (Phi) is 4.22. The predicted octanol–water partition coefficient (Wildman–Crippen LogP) is 3.24. The zero-order chi connectivity index (χ0) is 13.0. The first-order chi connectivity index (χ1) is 8.70. The van der Waals surface area contributed by atoms with Crippen molar-refractivity contribution in [1.82, 2.24) is 0 Å². The average Bonchev–Trinajstić information content (AvgIpc) is 2.40. The fourth-order valence-corrected chi connectivity index (χ4v) is 2.07. The van der Waals surface area contributed by atoms with Crippen LogP contribution < -0.4 is 4.74 Å². The SMILES string of the molecule is CC(C)c1ccc(OC2CCOCC2)c(C#N)c1. The molecule has 96 valence electrons. The van der Waals surface area contributed by atoms with Gasteiger partial charge in [0.2, 0.25) is 0 Å². The lowest BCUT2D eigenvalue weighted by molar-refractivity contribution is 0.0254. The van der Waals surface area contributed by atoms with Crippen LogP contribution in [0.2, 0.25) is 0 Å². The van der Waals surface area contributed by atoms with Gasteiger partial charge < -0.3 is 9.47 Å². The number of benzene rings is 1. The van der Waals surface area contributed by atoms with E-state index in [9.17, 15) is 5.26 Å². The molecule has 0 amide bonds. The van der Waals surface area contributed by atoms with E-state index in [-0.39, 0.29) is 6.10 Å². The molecule has 1 aromatic rings. The van der Waals surface area contributed by atoms with Gasteiger partial charge >= 0.3 is 0 Å². The van der Waals surface area contributed by atoms with Crippen molar-refractivity contribution in [2.24, 2.45) is 0 Å². The minimum Gasteiger partial charge on any atom is -0.489 e. The van der Waals surface area contributed by atoms with Crippen molar-refractivity contribution in [2.75, 3.05) is 13.2 Å². The molecule has 1 heterocycles. The summed E-state index contributed by atoms with van der Waals surface area (Å²) in [5.41, 5.74) is 1.80. The molecule has 1 saturated heterocycles. The molecule has 1 fully saturated rings. The van der Waals surface area contributed by atoms with Gasteiger partial charge in [-0.25, -0.2) is 0 Å². The molecule has 1 aliphatic heterocycles. The van der Waals surface area contributed by atoms with Gasteiger partial charge in [0, 0.05) is 12.8 Å². The molecule has 0 unspecified atom stereocenters. The molecular weight excluding hydrogens is 226 g/mol. The van der Waals surface area contributed by atoms with Crippen LogP contribution in [0.4, 0.5) is 0 Å². The minimum absolute atomic E-state index is 0.177. The summed E-state index contributed by atoms with van der Waals surface area (Å²) in [7, 11) is 0. The molecule has 0 spiro atoms. The normalized spacial score (nSPS) is 16.6. The van der Waals surface area contributed by atoms with Crippen LogP contribution in [-0.2, 0) is 4.74 Å². The zero-order valence-corrected chi connectivity index (χ0v) is 11.0. The molecule has 18 heavy (non-hydrogen) atoms. The highest BCUT2D eigenvalue weighted by atomic mass is 16.5. The Morgan fingerprint density at radius 2 is 2.06 bits per heavy atom. The van der Waals surface area contributed by atoms with Crippen molar-refractivity contribution in [3.8, 4) is 11.8 Å². The van der Waals surface area contributed by atoms with Crippen LogP contribution >= 0.6 is 0 Å². The maximum Gasteiger partial charge on any atom is 0.137 e. The molecule has 0 saturated carbocycles. The quantitative estimate of drug-likeness (QED) is 0.821. The van der Waals surface area contributed by atoms with E-state index in [1.54, 1.807) is 0 Å². The Morgan fingerprint density at radius 3 is 2.67 bits per heavy atom. The minimum atomic E-state index is 0.177. The van der Waals surface area contributed by atoms with E-state index in [0.717, 1.165) is 26.1 Å². The Hall–Kier alpha value is -1.53. The maximum atomic E-state index is 9.20. The lowest BCUT2D eigenvalue weighted by atomic mass is 10.0. The Balaban J connectivity index is 2.14. The van der Waals surface area contributed by atoms with E-state index < -0.39 is 0 Å². The summed E-state index contributed by atoms with van der Waals surface area (Å²) in [6.07, 6.45) is 1.98. The van der Waals surface area contributed by atoms with Gasteiger partial charge in [0.15, 0.2) is 0 Å². The van der Waals surface area contributed by atoms with Crippen LogP contribution in [-0.4, -0.2) is 19.3 Å². The number of hydrogen-bond acceptors (Lipinski definition) is 3. The van der Waals surface area contributed by atoms with Gasteiger partial charge in [0.1, 0.15) is 17.9 Å². The first-order valence-electron chi connectivity index (χ1n) is 6.49. The highest BCUT2D eigenvalue weighted by molar-refractivity contribution is 5.46. The second-order valence-electron chi connectivity index (χ2n) is 4.95. The topological polar surface area (TPSA) is 42.2 Å². The Bertz CT molecular complexity index is 442. The summed E-state index contributed by atoms with van der Waals surface area (Å²) in [6, 6.07) is 8.12. The summed E-state index contributed by atoms with van der Waals surface area (Å²) in [5.74, 6) is 1.13. The van der Waals surface area contributed by atoms with Gasteiger partial charge in [-0.3, -0.25) is 0 Å². The number of rotatable bonds is 3. The number of hydrogen-bond donors (Lipinski definition) is 0. The van der Waals surface area contributed by atoms with Crippen molar-refractivity contribution in [3.05, 3.63) is 29.3 Å². The van der Waals surface area contributed by atoms with Crippen LogP contribution in [0.1, 0.15) is 43.7 Å². The van der Waals surface area contributed by atoms with Crippen LogP contribution in [0.3, 0.4) is 0 Å². The fraction of sp³-hybridized carbons (Fsp3) is 0.533. The monoisotopic (exact) mass is 245 g/mol. The predicted molar refractivity (Wildman–Crippen MR) is 69.7 cm³/mol. The van der Waals surface area contributed by atoms with Crippen molar-refractivity contribution in [2.45, 2.75) is 38.7 Å². The van der Waals surface area contributed by atoms with E-state index in [1.165, 1.54) is 5.56 Å². The standard InChI is InChI=1S/C15H19NO2/c1-11(2)12-3-4-15(13(9-12)10-16)18-14-5-7-17-8-6-14/h3-4,9,11,14H,5-8H2,1-2H3. The van der Waals surface area contributed by atoms with E-state index in [1.807, 2.05) is 18.2 Å². The van der Waals surface area contributed by atoms with Crippen LogP contribution in [0.5, 0.6) is 5.75 Å².